The monoisotopic (exact) mass is 412 g/mol. The van der Waals surface area contributed by atoms with E-state index in [2.05, 4.69) is 0 Å². The Bertz CT molecular complexity index is 1360. The molecule has 2 aromatic carbocycles. The van der Waals surface area contributed by atoms with E-state index in [0.29, 0.717) is 22.2 Å². The van der Waals surface area contributed by atoms with Crippen molar-refractivity contribution in [3.8, 4) is 6.07 Å². The molecule has 0 spiro atoms. The van der Waals surface area contributed by atoms with Crippen LogP contribution < -0.4 is 11.1 Å². The largest absolute Gasteiger partial charge is 0.317 e. The predicted molar refractivity (Wildman–Crippen MR) is 109 cm³/mol. The van der Waals surface area contributed by atoms with Crippen LogP contribution in [0.15, 0.2) is 56.9 Å². The Hall–Kier alpha value is -3.22. The molecule has 0 unspecified atom stereocenters. The van der Waals surface area contributed by atoms with E-state index in [0.717, 1.165) is 4.31 Å². The highest BCUT2D eigenvalue weighted by molar-refractivity contribution is 7.89. The maximum Gasteiger partial charge on any atom is 0.317 e. The molecule has 0 N–H and O–H groups in total. The third-order valence-corrected chi connectivity index (χ3v) is 6.50. The third kappa shape index (κ3) is 3.60. The van der Waals surface area contributed by atoms with Gasteiger partial charge in [0.2, 0.25) is 10.0 Å². The Morgan fingerprint density at radius 1 is 1.00 bits per heavy atom. The highest BCUT2D eigenvalue weighted by Gasteiger charge is 2.20. The van der Waals surface area contributed by atoms with E-state index >= 15 is 0 Å². The molecular weight excluding hydrogens is 392 g/mol. The van der Waals surface area contributed by atoms with Gasteiger partial charge in [-0.15, -0.1) is 0 Å². The topological polar surface area (TPSA) is 105 Å². The molecule has 150 valence electrons. The van der Waals surface area contributed by atoms with E-state index in [-0.39, 0.29) is 18.0 Å². The Morgan fingerprint density at radius 2 is 1.69 bits per heavy atom. The molecule has 0 amide bonds. The van der Waals surface area contributed by atoms with Crippen molar-refractivity contribution in [2.45, 2.75) is 24.9 Å². The molecule has 0 saturated carbocycles. The number of hydrogen-bond acceptors (Lipinski definition) is 5. The number of nitrogens with zero attached hydrogens (tertiary/aromatic N) is 4. The molecule has 3 aromatic rings. The maximum atomic E-state index is 12.8. The first-order valence-corrected chi connectivity index (χ1v) is 10.3. The second-order valence-electron chi connectivity index (χ2n) is 6.69. The lowest BCUT2D eigenvalue weighted by atomic mass is 10.1. The molecule has 0 fully saturated rings. The summed E-state index contributed by atoms with van der Waals surface area (Å²) in [7, 11) is -0.877. The minimum absolute atomic E-state index is 0.0234. The second kappa shape index (κ2) is 7.66. The van der Waals surface area contributed by atoms with Gasteiger partial charge in [0.25, 0.3) is 0 Å². The van der Waals surface area contributed by atoms with Crippen molar-refractivity contribution < 1.29 is 8.42 Å². The van der Waals surface area contributed by atoms with Crippen LogP contribution in [0, 0.1) is 11.3 Å². The molecule has 0 bridgehead atoms. The molecule has 0 saturated heterocycles. The van der Waals surface area contributed by atoms with Crippen LogP contribution in [0.2, 0.25) is 0 Å². The number of sulfonamides is 1. The van der Waals surface area contributed by atoms with Gasteiger partial charge < -0.3 is 4.57 Å². The summed E-state index contributed by atoms with van der Waals surface area (Å²) in [5.41, 5.74) is 0.452. The van der Waals surface area contributed by atoms with Gasteiger partial charge in [-0.25, -0.2) is 12.7 Å². The van der Waals surface area contributed by atoms with Gasteiger partial charge in [-0.05, 0) is 42.8 Å². The van der Waals surface area contributed by atoms with E-state index in [1.165, 1.54) is 41.4 Å². The second-order valence-corrected chi connectivity index (χ2v) is 8.84. The summed E-state index contributed by atoms with van der Waals surface area (Å²) in [6.07, 6.45) is 0. The predicted octanol–water partition coefficient (Wildman–Crippen LogP) is 1.35. The van der Waals surface area contributed by atoms with Gasteiger partial charge in [-0.2, -0.15) is 5.26 Å². The molecule has 3 rings (SSSR count). The van der Waals surface area contributed by atoms with Crippen LogP contribution in [0.1, 0.15) is 18.1 Å². The Balaban J connectivity index is 2.35. The average Bonchev–Trinajstić information content (AvgIpc) is 2.71. The number of aromatic nitrogens is 2. The molecule has 1 aromatic heterocycles. The molecule has 1 heterocycles. The van der Waals surface area contributed by atoms with Crippen molar-refractivity contribution in [2.24, 2.45) is 0 Å². The average molecular weight is 412 g/mol. The van der Waals surface area contributed by atoms with Gasteiger partial charge in [0.15, 0.2) is 0 Å². The van der Waals surface area contributed by atoms with Crippen molar-refractivity contribution in [3.05, 3.63) is 74.3 Å². The third-order valence-electron chi connectivity index (χ3n) is 4.69. The molecule has 0 aliphatic rings. The van der Waals surface area contributed by atoms with Crippen LogP contribution in [-0.2, 0) is 23.1 Å². The zero-order chi connectivity index (χ0) is 21.3. The van der Waals surface area contributed by atoms with Crippen LogP contribution in [0.3, 0.4) is 0 Å². The van der Waals surface area contributed by atoms with Gasteiger partial charge in [-0.1, -0.05) is 12.1 Å². The van der Waals surface area contributed by atoms with Crippen LogP contribution in [-0.4, -0.2) is 36.0 Å². The summed E-state index contributed by atoms with van der Waals surface area (Å²) in [5, 5.41) is 9.10. The van der Waals surface area contributed by atoms with Gasteiger partial charge in [0.05, 0.1) is 34.1 Å². The van der Waals surface area contributed by atoms with Gasteiger partial charge >= 0.3 is 11.1 Å². The van der Waals surface area contributed by atoms with Crippen molar-refractivity contribution in [3.63, 3.8) is 0 Å². The summed E-state index contributed by atoms with van der Waals surface area (Å²) in [6, 6.07) is 13.1. The highest BCUT2D eigenvalue weighted by atomic mass is 32.2. The van der Waals surface area contributed by atoms with Crippen molar-refractivity contribution in [1.82, 2.24) is 13.4 Å². The van der Waals surface area contributed by atoms with E-state index in [4.69, 9.17) is 5.26 Å². The molecular formula is C20H20N4O4S. The standard InChI is InChI=1S/C20H20N4O4S/c1-4-23-17-9-8-16(29(27,28)22(2)3)11-18(17)24(20(26)19(23)25)13-15-7-5-6-14(10-15)12-21/h5-11H,4,13H2,1-3H3. The fraction of sp³-hybridized carbons (Fsp3) is 0.250. The number of hydrogen-bond donors (Lipinski definition) is 0. The Kier molecular flexibility index (Phi) is 5.42. The van der Waals surface area contributed by atoms with E-state index in [9.17, 15) is 18.0 Å². The molecule has 9 heteroatoms. The lowest BCUT2D eigenvalue weighted by Gasteiger charge is -2.17. The molecule has 0 radical (unpaired) electrons. The Morgan fingerprint density at radius 3 is 2.31 bits per heavy atom. The lowest BCUT2D eigenvalue weighted by molar-refractivity contribution is 0.521. The Labute approximate surface area is 167 Å². The first-order valence-electron chi connectivity index (χ1n) is 8.89. The maximum absolute atomic E-state index is 12.8. The van der Waals surface area contributed by atoms with Crippen molar-refractivity contribution in [2.75, 3.05) is 14.1 Å². The van der Waals surface area contributed by atoms with Crippen molar-refractivity contribution in [1.29, 1.82) is 5.26 Å². The number of rotatable bonds is 5. The molecule has 8 nitrogen and oxygen atoms in total. The molecule has 0 aliphatic heterocycles. The first kappa shape index (κ1) is 20.5. The summed E-state index contributed by atoms with van der Waals surface area (Å²) >= 11 is 0. The van der Waals surface area contributed by atoms with Crippen LogP contribution in [0.5, 0.6) is 0 Å². The summed E-state index contributed by atoms with van der Waals surface area (Å²) in [4.78, 5) is 25.4. The van der Waals surface area contributed by atoms with E-state index in [1.54, 1.807) is 31.2 Å². The zero-order valence-electron chi connectivity index (χ0n) is 16.3. The van der Waals surface area contributed by atoms with Crippen molar-refractivity contribution >= 4 is 21.1 Å². The van der Waals surface area contributed by atoms with E-state index < -0.39 is 21.1 Å². The minimum Gasteiger partial charge on any atom is -0.302 e. The summed E-state index contributed by atoms with van der Waals surface area (Å²) in [6.45, 7) is 2.05. The number of aryl methyl sites for hydroxylation is 1. The van der Waals surface area contributed by atoms with Gasteiger partial charge in [-0.3, -0.25) is 14.2 Å². The lowest BCUT2D eigenvalue weighted by Crippen LogP contribution is -2.41. The number of nitriles is 1. The smallest absolute Gasteiger partial charge is 0.302 e. The molecule has 0 aliphatic carbocycles. The minimum atomic E-state index is -3.72. The normalized spacial score (nSPS) is 11.7. The first-order chi connectivity index (χ1) is 13.7. The zero-order valence-corrected chi connectivity index (χ0v) is 17.1. The SMILES string of the molecule is CCn1c(=O)c(=O)n(Cc2cccc(C#N)c2)c2cc(S(=O)(=O)N(C)C)ccc21. The molecule has 29 heavy (non-hydrogen) atoms. The van der Waals surface area contributed by atoms with Crippen LogP contribution >= 0.6 is 0 Å². The van der Waals surface area contributed by atoms with Crippen LogP contribution in [0.4, 0.5) is 0 Å². The molecule has 0 atom stereocenters. The number of benzene rings is 2. The summed E-state index contributed by atoms with van der Waals surface area (Å²) < 4.78 is 28.8. The number of fused-ring (bicyclic) bond motifs is 1. The summed E-state index contributed by atoms with van der Waals surface area (Å²) in [5.74, 6) is 0. The fourth-order valence-corrected chi connectivity index (χ4v) is 4.08. The van der Waals surface area contributed by atoms with Crippen LogP contribution in [0.25, 0.3) is 11.0 Å². The van der Waals surface area contributed by atoms with Gasteiger partial charge in [0, 0.05) is 20.6 Å². The van der Waals surface area contributed by atoms with Gasteiger partial charge in [0.1, 0.15) is 0 Å². The fourth-order valence-electron chi connectivity index (χ4n) is 3.16. The highest BCUT2D eigenvalue weighted by Crippen LogP contribution is 2.20. The van der Waals surface area contributed by atoms with E-state index in [1.807, 2.05) is 6.07 Å². The quantitative estimate of drug-likeness (QED) is 0.588.